The predicted molar refractivity (Wildman–Crippen MR) is 81.8 cm³/mol. The van der Waals surface area contributed by atoms with Gasteiger partial charge in [-0.15, -0.1) is 0 Å². The molecular formula is C18H18N2O. The van der Waals surface area contributed by atoms with E-state index in [-0.39, 0.29) is 5.91 Å². The molecule has 0 aromatic heterocycles. The van der Waals surface area contributed by atoms with Gasteiger partial charge in [0, 0.05) is 6.54 Å². The number of rotatable bonds is 1. The van der Waals surface area contributed by atoms with Gasteiger partial charge in [-0.2, -0.15) is 0 Å². The van der Waals surface area contributed by atoms with E-state index in [4.69, 9.17) is 5.73 Å². The Labute approximate surface area is 124 Å². The Balaban J connectivity index is 1.98. The van der Waals surface area contributed by atoms with Crippen LogP contribution in [0.4, 0.5) is 0 Å². The first kappa shape index (κ1) is 12.6. The summed E-state index contributed by atoms with van der Waals surface area (Å²) in [5, 5.41) is 0. The number of carbonyl (C=O) groups excluding carboxylic acids is 1. The number of fused-ring (bicyclic) bond motifs is 3. The second-order valence-corrected chi connectivity index (χ2v) is 6.01. The fourth-order valence-electron chi connectivity index (χ4n) is 3.86. The summed E-state index contributed by atoms with van der Waals surface area (Å²) >= 11 is 0. The molecule has 1 saturated heterocycles. The summed E-state index contributed by atoms with van der Waals surface area (Å²) in [6, 6.07) is 16.3. The number of hydrogen-bond acceptors (Lipinski definition) is 2. The minimum Gasteiger partial charge on any atom is -0.325 e. The van der Waals surface area contributed by atoms with Crippen molar-refractivity contribution in [3.63, 3.8) is 0 Å². The number of hydrogen-bond donors (Lipinski definition) is 1. The number of aryl methyl sites for hydroxylation is 1. The maximum Gasteiger partial charge on any atom is 0.243 e. The van der Waals surface area contributed by atoms with Gasteiger partial charge in [0.25, 0.3) is 0 Å². The first-order valence-corrected chi connectivity index (χ1v) is 7.38. The van der Waals surface area contributed by atoms with E-state index in [0.717, 1.165) is 18.5 Å². The normalized spacial score (nSPS) is 26.9. The molecule has 2 unspecified atom stereocenters. The third-order valence-corrected chi connectivity index (χ3v) is 4.93. The van der Waals surface area contributed by atoms with Crippen molar-refractivity contribution in [2.45, 2.75) is 24.9 Å². The van der Waals surface area contributed by atoms with E-state index >= 15 is 0 Å². The second-order valence-electron chi connectivity index (χ2n) is 6.01. The van der Waals surface area contributed by atoms with Crippen molar-refractivity contribution in [2.24, 2.45) is 5.73 Å². The van der Waals surface area contributed by atoms with Crippen LogP contribution in [0.1, 0.15) is 22.3 Å². The van der Waals surface area contributed by atoms with Crippen LogP contribution >= 0.6 is 0 Å². The minimum absolute atomic E-state index is 0.0603. The van der Waals surface area contributed by atoms with Gasteiger partial charge in [0.1, 0.15) is 11.6 Å². The molecule has 2 aliphatic rings. The highest BCUT2D eigenvalue weighted by molar-refractivity contribution is 5.94. The molecule has 0 spiro atoms. The average Bonchev–Trinajstić information content (AvgIpc) is 2.53. The lowest BCUT2D eigenvalue weighted by Gasteiger charge is -2.59. The quantitative estimate of drug-likeness (QED) is 0.811. The van der Waals surface area contributed by atoms with Gasteiger partial charge in [-0.05, 0) is 30.0 Å². The molecule has 2 heterocycles. The van der Waals surface area contributed by atoms with E-state index in [0.29, 0.717) is 0 Å². The monoisotopic (exact) mass is 278 g/mol. The smallest absolute Gasteiger partial charge is 0.243 e. The topological polar surface area (TPSA) is 46.3 Å². The molecule has 106 valence electrons. The first-order chi connectivity index (χ1) is 10.2. The molecule has 1 amide bonds. The highest BCUT2D eigenvalue weighted by Gasteiger charge is 2.62. The molecule has 2 aromatic rings. The predicted octanol–water partition coefficient (Wildman–Crippen LogP) is 1.96. The fourth-order valence-corrected chi connectivity index (χ4v) is 3.86. The molecule has 2 aromatic carbocycles. The Morgan fingerprint density at radius 3 is 2.62 bits per heavy atom. The fraction of sp³-hybridized carbons (Fsp3) is 0.278. The number of carbonyl (C=O) groups is 1. The highest BCUT2D eigenvalue weighted by Crippen LogP contribution is 2.49. The summed E-state index contributed by atoms with van der Waals surface area (Å²) in [6.45, 7) is 2.82. The Kier molecular flexibility index (Phi) is 2.51. The van der Waals surface area contributed by atoms with Gasteiger partial charge >= 0.3 is 0 Å². The third-order valence-electron chi connectivity index (χ3n) is 4.93. The Bertz CT molecular complexity index is 722. The minimum atomic E-state index is -0.485. The molecule has 0 bridgehead atoms. The van der Waals surface area contributed by atoms with Crippen LogP contribution in [0.25, 0.3) is 0 Å². The van der Waals surface area contributed by atoms with Crippen molar-refractivity contribution in [3.05, 3.63) is 70.8 Å². The van der Waals surface area contributed by atoms with E-state index in [9.17, 15) is 4.79 Å². The summed E-state index contributed by atoms with van der Waals surface area (Å²) < 4.78 is 0. The number of β-lactam (4-membered cyclic amide) rings is 1. The standard InChI is InChI=1S/C18H18N2O/c1-12-6-8-14(9-7-12)18-15-5-3-2-4-13(15)10-11-20(18)17(21)16(18)19/h2-9,16H,10-11,19H2,1H3. The summed E-state index contributed by atoms with van der Waals surface area (Å²) in [7, 11) is 0. The highest BCUT2D eigenvalue weighted by atomic mass is 16.2. The van der Waals surface area contributed by atoms with Gasteiger partial charge in [-0.3, -0.25) is 4.79 Å². The van der Waals surface area contributed by atoms with E-state index in [1.807, 2.05) is 11.0 Å². The van der Waals surface area contributed by atoms with Crippen LogP contribution in [0.2, 0.25) is 0 Å². The number of nitrogens with two attached hydrogens (primary N) is 1. The maximum absolute atomic E-state index is 12.3. The van der Waals surface area contributed by atoms with Gasteiger partial charge < -0.3 is 10.6 Å². The van der Waals surface area contributed by atoms with Gasteiger partial charge in [0.05, 0.1) is 0 Å². The zero-order valence-corrected chi connectivity index (χ0v) is 12.0. The van der Waals surface area contributed by atoms with Gasteiger partial charge in [0.15, 0.2) is 0 Å². The van der Waals surface area contributed by atoms with Crippen molar-refractivity contribution in [2.75, 3.05) is 6.54 Å². The molecule has 2 aliphatic heterocycles. The second kappa shape index (κ2) is 4.18. The third kappa shape index (κ3) is 1.44. The number of amides is 1. The SMILES string of the molecule is Cc1ccc(C23c4ccccc4CCN2C(=O)C3N)cc1. The van der Waals surface area contributed by atoms with Crippen molar-refractivity contribution in [1.82, 2.24) is 4.90 Å². The van der Waals surface area contributed by atoms with Crippen LogP contribution in [0.3, 0.4) is 0 Å². The zero-order chi connectivity index (χ0) is 14.6. The van der Waals surface area contributed by atoms with Crippen LogP contribution in [-0.4, -0.2) is 23.4 Å². The molecule has 3 heteroatoms. The van der Waals surface area contributed by atoms with Crippen molar-refractivity contribution in [3.8, 4) is 0 Å². The first-order valence-electron chi connectivity index (χ1n) is 7.38. The Hall–Kier alpha value is -2.13. The Morgan fingerprint density at radius 1 is 1.14 bits per heavy atom. The lowest BCUT2D eigenvalue weighted by Crippen LogP contribution is -2.77. The summed E-state index contributed by atoms with van der Waals surface area (Å²) in [5.41, 5.74) is 10.7. The van der Waals surface area contributed by atoms with Gasteiger partial charge in [-0.1, -0.05) is 54.1 Å². The van der Waals surface area contributed by atoms with Crippen LogP contribution in [0.15, 0.2) is 48.5 Å². The Morgan fingerprint density at radius 2 is 1.86 bits per heavy atom. The summed E-state index contributed by atoms with van der Waals surface area (Å²) in [5.74, 6) is 0.0603. The molecule has 4 rings (SSSR count). The van der Waals surface area contributed by atoms with Crippen molar-refractivity contribution >= 4 is 5.91 Å². The van der Waals surface area contributed by atoms with Crippen LogP contribution in [0.5, 0.6) is 0 Å². The van der Waals surface area contributed by atoms with Gasteiger partial charge in [0.2, 0.25) is 5.91 Å². The lowest BCUT2D eigenvalue weighted by molar-refractivity contribution is -0.159. The molecule has 1 fully saturated rings. The number of nitrogens with zero attached hydrogens (tertiary/aromatic N) is 1. The van der Waals surface area contributed by atoms with Crippen molar-refractivity contribution < 1.29 is 4.79 Å². The van der Waals surface area contributed by atoms with E-state index in [1.54, 1.807) is 0 Å². The van der Waals surface area contributed by atoms with Crippen LogP contribution in [0, 0.1) is 6.92 Å². The van der Waals surface area contributed by atoms with Gasteiger partial charge in [-0.25, -0.2) is 0 Å². The molecule has 2 N–H and O–H groups in total. The molecule has 3 nitrogen and oxygen atoms in total. The van der Waals surface area contributed by atoms with E-state index < -0.39 is 11.6 Å². The zero-order valence-electron chi connectivity index (χ0n) is 12.0. The van der Waals surface area contributed by atoms with E-state index in [2.05, 4.69) is 49.4 Å². The van der Waals surface area contributed by atoms with Crippen molar-refractivity contribution in [1.29, 1.82) is 0 Å². The molecular weight excluding hydrogens is 260 g/mol. The summed E-state index contributed by atoms with van der Waals surface area (Å²) in [6.07, 6.45) is 0.905. The summed E-state index contributed by atoms with van der Waals surface area (Å²) in [4.78, 5) is 14.2. The molecule has 0 aliphatic carbocycles. The lowest BCUT2D eigenvalue weighted by atomic mass is 9.65. The number of benzene rings is 2. The maximum atomic E-state index is 12.3. The van der Waals surface area contributed by atoms with E-state index in [1.165, 1.54) is 16.7 Å². The molecule has 0 saturated carbocycles. The van der Waals surface area contributed by atoms with Crippen LogP contribution < -0.4 is 5.73 Å². The molecule has 2 atom stereocenters. The van der Waals surface area contributed by atoms with Crippen LogP contribution in [-0.2, 0) is 16.8 Å². The molecule has 0 radical (unpaired) electrons. The average molecular weight is 278 g/mol. The largest absolute Gasteiger partial charge is 0.325 e. The molecule has 21 heavy (non-hydrogen) atoms.